The number of halogens is 2. The highest BCUT2D eigenvalue weighted by Gasteiger charge is 2.08. The summed E-state index contributed by atoms with van der Waals surface area (Å²) in [6.07, 6.45) is 1.94. The predicted octanol–water partition coefficient (Wildman–Crippen LogP) is 5.12. The molecule has 0 aliphatic heterocycles. The normalized spacial score (nSPS) is 11.2. The van der Waals surface area contributed by atoms with Gasteiger partial charge >= 0.3 is 0 Å². The summed E-state index contributed by atoms with van der Waals surface area (Å²) >= 11 is 8.48. The van der Waals surface area contributed by atoms with E-state index in [1.165, 1.54) is 0 Å². The lowest BCUT2D eigenvalue weighted by Crippen LogP contribution is -2.19. The maximum Gasteiger partial charge on any atom is 0.244 e. The Morgan fingerprint density at radius 1 is 1.17 bits per heavy atom. The first kappa shape index (κ1) is 16.4. The molecule has 1 N–H and O–H groups in total. The van der Waals surface area contributed by atoms with Crippen LogP contribution in [0, 0.1) is 0 Å². The van der Waals surface area contributed by atoms with E-state index >= 15 is 0 Å². The third-order valence-electron chi connectivity index (χ3n) is 3.28. The van der Waals surface area contributed by atoms with Gasteiger partial charge in [0.1, 0.15) is 0 Å². The Balaban J connectivity index is 1.71. The summed E-state index contributed by atoms with van der Waals surface area (Å²) in [5.74, 6) is -0.135. The van der Waals surface area contributed by atoms with Gasteiger partial charge in [-0.1, -0.05) is 46.3 Å². The Morgan fingerprint density at radius 2 is 1.96 bits per heavy atom. The Bertz CT molecular complexity index is 889. The van der Waals surface area contributed by atoms with Crippen molar-refractivity contribution < 1.29 is 4.79 Å². The van der Waals surface area contributed by atoms with Crippen LogP contribution in [-0.2, 0) is 11.2 Å². The van der Waals surface area contributed by atoms with Crippen LogP contribution in [0.25, 0.3) is 10.8 Å². The third kappa shape index (κ3) is 4.07. The van der Waals surface area contributed by atoms with E-state index in [1.54, 1.807) is 17.6 Å². The van der Waals surface area contributed by atoms with Gasteiger partial charge in [-0.3, -0.25) is 4.79 Å². The number of benzene rings is 2. The Hall–Kier alpha value is -1.50. The second kappa shape index (κ2) is 7.38. The number of carbonyl (C=O) groups excluding carboxylic acids is 1. The molecule has 0 aliphatic carbocycles. The van der Waals surface area contributed by atoms with E-state index in [0.717, 1.165) is 30.2 Å². The molecule has 0 atom stereocenters. The van der Waals surface area contributed by atoms with Crippen molar-refractivity contribution in [2.24, 2.45) is 5.10 Å². The van der Waals surface area contributed by atoms with Crippen molar-refractivity contribution >= 4 is 66.1 Å². The SMILES string of the molecule is O=C(Cc1ccc(Br)c2ccccc12)N/N=C/c1cc(Br)cs1. The molecule has 0 fully saturated rings. The van der Waals surface area contributed by atoms with E-state index in [0.29, 0.717) is 6.42 Å². The number of thiophene rings is 1. The first-order valence-corrected chi connectivity index (χ1v) is 9.32. The number of hydrogen-bond acceptors (Lipinski definition) is 3. The van der Waals surface area contributed by atoms with Gasteiger partial charge in [-0.2, -0.15) is 5.10 Å². The summed E-state index contributed by atoms with van der Waals surface area (Å²) in [7, 11) is 0. The molecule has 1 heterocycles. The van der Waals surface area contributed by atoms with Crippen molar-refractivity contribution in [3.63, 3.8) is 0 Å². The van der Waals surface area contributed by atoms with E-state index in [4.69, 9.17) is 0 Å². The van der Waals surface area contributed by atoms with Crippen molar-refractivity contribution in [2.75, 3.05) is 0 Å². The van der Waals surface area contributed by atoms with Crippen LogP contribution in [0.2, 0.25) is 0 Å². The van der Waals surface area contributed by atoms with Gasteiger partial charge in [0.25, 0.3) is 0 Å². The predicted molar refractivity (Wildman–Crippen MR) is 103 cm³/mol. The van der Waals surface area contributed by atoms with Gasteiger partial charge in [0.05, 0.1) is 12.6 Å². The molecule has 3 rings (SSSR count). The Kier molecular flexibility index (Phi) is 5.25. The van der Waals surface area contributed by atoms with Crippen LogP contribution in [0.3, 0.4) is 0 Å². The second-order valence-electron chi connectivity index (χ2n) is 4.89. The van der Waals surface area contributed by atoms with E-state index in [1.807, 2.05) is 47.8 Å². The van der Waals surface area contributed by atoms with Gasteiger partial charge in [-0.25, -0.2) is 5.43 Å². The van der Waals surface area contributed by atoms with Crippen LogP contribution < -0.4 is 5.43 Å². The number of fused-ring (bicyclic) bond motifs is 1. The minimum absolute atomic E-state index is 0.135. The minimum atomic E-state index is -0.135. The highest BCUT2D eigenvalue weighted by atomic mass is 79.9. The zero-order valence-corrected chi connectivity index (χ0v) is 15.9. The zero-order valence-electron chi connectivity index (χ0n) is 11.9. The molecule has 0 bridgehead atoms. The summed E-state index contributed by atoms with van der Waals surface area (Å²) in [5, 5.41) is 8.15. The number of hydrazone groups is 1. The average Bonchev–Trinajstić information content (AvgIpc) is 2.96. The smallest absolute Gasteiger partial charge is 0.244 e. The van der Waals surface area contributed by atoms with Gasteiger partial charge in [-0.05, 0) is 44.4 Å². The van der Waals surface area contributed by atoms with Gasteiger partial charge in [0, 0.05) is 19.2 Å². The summed E-state index contributed by atoms with van der Waals surface area (Å²) in [5.41, 5.74) is 3.56. The van der Waals surface area contributed by atoms with Crippen LogP contribution in [0.5, 0.6) is 0 Å². The molecule has 3 nitrogen and oxygen atoms in total. The molecule has 6 heteroatoms. The number of nitrogens with zero attached hydrogens (tertiary/aromatic N) is 1. The van der Waals surface area contributed by atoms with Crippen molar-refractivity contribution in [1.29, 1.82) is 0 Å². The van der Waals surface area contributed by atoms with E-state index in [2.05, 4.69) is 42.4 Å². The molecule has 0 saturated heterocycles. The number of nitrogens with one attached hydrogen (secondary N) is 1. The average molecular weight is 452 g/mol. The van der Waals surface area contributed by atoms with Crippen LogP contribution in [0.15, 0.2) is 61.9 Å². The van der Waals surface area contributed by atoms with Crippen LogP contribution in [-0.4, -0.2) is 12.1 Å². The molecular weight excluding hydrogens is 440 g/mol. The van der Waals surface area contributed by atoms with E-state index in [-0.39, 0.29) is 5.91 Å². The highest BCUT2D eigenvalue weighted by Crippen LogP contribution is 2.27. The molecular formula is C17H12Br2N2OS. The van der Waals surface area contributed by atoms with Gasteiger partial charge < -0.3 is 0 Å². The summed E-state index contributed by atoms with van der Waals surface area (Å²) in [6, 6.07) is 13.9. The van der Waals surface area contributed by atoms with Crippen molar-refractivity contribution in [3.05, 3.63) is 67.2 Å². The summed E-state index contributed by atoms with van der Waals surface area (Å²) < 4.78 is 2.04. The van der Waals surface area contributed by atoms with Crippen LogP contribution in [0.4, 0.5) is 0 Å². The number of carbonyl (C=O) groups is 1. The van der Waals surface area contributed by atoms with Gasteiger partial charge in [0.15, 0.2) is 0 Å². The highest BCUT2D eigenvalue weighted by molar-refractivity contribution is 9.11. The lowest BCUT2D eigenvalue weighted by atomic mass is 10.0. The quantitative estimate of drug-likeness (QED) is 0.434. The molecule has 0 unspecified atom stereocenters. The number of hydrogen-bond donors (Lipinski definition) is 1. The molecule has 1 amide bonds. The fourth-order valence-corrected chi connectivity index (χ4v) is 4.04. The largest absolute Gasteiger partial charge is 0.273 e. The molecule has 0 saturated carbocycles. The molecule has 23 heavy (non-hydrogen) atoms. The standard InChI is InChI=1S/C17H12Br2N2OS/c18-12-8-13(23-10-12)9-20-21-17(22)7-11-5-6-16(19)15-4-2-1-3-14(11)15/h1-6,8-10H,7H2,(H,21,22)/b20-9+. The Labute approximate surface area is 154 Å². The lowest BCUT2D eigenvalue weighted by molar-refractivity contribution is -0.120. The van der Waals surface area contributed by atoms with Crippen LogP contribution >= 0.6 is 43.2 Å². The molecule has 0 aliphatic rings. The first-order valence-electron chi connectivity index (χ1n) is 6.85. The molecule has 3 aromatic rings. The van der Waals surface area contributed by atoms with Crippen LogP contribution in [0.1, 0.15) is 10.4 Å². The fourth-order valence-electron chi connectivity index (χ4n) is 2.26. The summed E-state index contributed by atoms with van der Waals surface area (Å²) in [4.78, 5) is 13.1. The maximum atomic E-state index is 12.1. The molecule has 0 radical (unpaired) electrons. The zero-order chi connectivity index (χ0) is 16.2. The second-order valence-corrected chi connectivity index (χ2v) is 7.60. The lowest BCUT2D eigenvalue weighted by Gasteiger charge is -2.07. The molecule has 0 spiro atoms. The monoisotopic (exact) mass is 450 g/mol. The van der Waals surface area contributed by atoms with Gasteiger partial charge in [0.2, 0.25) is 5.91 Å². The van der Waals surface area contributed by atoms with E-state index < -0.39 is 0 Å². The first-order chi connectivity index (χ1) is 11.1. The number of amides is 1. The molecule has 2 aromatic carbocycles. The van der Waals surface area contributed by atoms with Crippen molar-refractivity contribution in [1.82, 2.24) is 5.43 Å². The van der Waals surface area contributed by atoms with E-state index in [9.17, 15) is 4.79 Å². The third-order valence-corrected chi connectivity index (χ3v) is 5.60. The maximum absolute atomic E-state index is 12.1. The summed E-state index contributed by atoms with van der Waals surface area (Å²) in [6.45, 7) is 0. The minimum Gasteiger partial charge on any atom is -0.273 e. The van der Waals surface area contributed by atoms with Gasteiger partial charge in [-0.15, -0.1) is 11.3 Å². The topological polar surface area (TPSA) is 41.5 Å². The molecule has 116 valence electrons. The van der Waals surface area contributed by atoms with Crippen molar-refractivity contribution in [2.45, 2.75) is 6.42 Å². The van der Waals surface area contributed by atoms with Crippen molar-refractivity contribution in [3.8, 4) is 0 Å². The fraction of sp³-hybridized carbons (Fsp3) is 0.0588. The number of rotatable bonds is 4. The molecule has 1 aromatic heterocycles. The Morgan fingerprint density at radius 3 is 2.70 bits per heavy atom.